The van der Waals surface area contributed by atoms with Crippen LogP contribution in [0.1, 0.15) is 35.4 Å². The molecular formula is C18H20N2O. The monoisotopic (exact) mass is 280 g/mol. The fourth-order valence-corrected chi connectivity index (χ4v) is 2.71. The summed E-state index contributed by atoms with van der Waals surface area (Å²) in [4.78, 5) is 4.63. The van der Waals surface area contributed by atoms with Gasteiger partial charge in [0.15, 0.2) is 11.5 Å². The Bertz CT molecular complexity index is 772. The molecule has 21 heavy (non-hydrogen) atoms. The molecule has 0 aliphatic rings. The van der Waals surface area contributed by atoms with Crippen molar-refractivity contribution >= 4 is 16.8 Å². The molecule has 1 heterocycles. The van der Waals surface area contributed by atoms with Gasteiger partial charge in [-0.05, 0) is 54.7 Å². The minimum absolute atomic E-state index is 0.347. The number of rotatable bonds is 3. The number of hydrogen-bond acceptors (Lipinski definition) is 3. The van der Waals surface area contributed by atoms with Gasteiger partial charge in [0.05, 0.1) is 0 Å². The van der Waals surface area contributed by atoms with E-state index in [0.717, 1.165) is 34.7 Å². The second-order valence-electron chi connectivity index (χ2n) is 5.81. The van der Waals surface area contributed by atoms with Crippen LogP contribution in [0.15, 0.2) is 40.8 Å². The lowest BCUT2D eigenvalue weighted by molar-refractivity contribution is 0.506. The summed E-state index contributed by atoms with van der Waals surface area (Å²) in [5, 5.41) is 0. The maximum atomic E-state index is 5.93. The smallest absolute Gasteiger partial charge is 0.196 e. The van der Waals surface area contributed by atoms with Crippen molar-refractivity contribution in [2.45, 2.75) is 33.1 Å². The zero-order chi connectivity index (χ0) is 15.0. The van der Waals surface area contributed by atoms with Crippen LogP contribution in [0, 0.1) is 13.8 Å². The third-order valence-electron chi connectivity index (χ3n) is 3.85. The first-order valence-corrected chi connectivity index (χ1v) is 7.25. The normalized spacial score (nSPS) is 12.7. The van der Waals surface area contributed by atoms with E-state index in [1.165, 1.54) is 11.1 Å². The van der Waals surface area contributed by atoms with Gasteiger partial charge in [-0.15, -0.1) is 0 Å². The van der Waals surface area contributed by atoms with Crippen molar-refractivity contribution in [3.63, 3.8) is 0 Å². The Labute approximate surface area is 124 Å². The van der Waals surface area contributed by atoms with Crippen LogP contribution in [0.2, 0.25) is 0 Å². The number of benzene rings is 2. The van der Waals surface area contributed by atoms with E-state index in [9.17, 15) is 0 Å². The number of aryl methyl sites for hydroxylation is 2. The molecule has 1 aromatic heterocycles. The second-order valence-corrected chi connectivity index (χ2v) is 5.81. The maximum Gasteiger partial charge on any atom is 0.196 e. The minimum Gasteiger partial charge on any atom is -0.440 e. The highest BCUT2D eigenvalue weighted by Crippen LogP contribution is 2.26. The first-order chi connectivity index (χ1) is 10.0. The van der Waals surface area contributed by atoms with E-state index in [0.29, 0.717) is 5.92 Å². The van der Waals surface area contributed by atoms with Crippen LogP contribution >= 0.6 is 0 Å². The highest BCUT2D eigenvalue weighted by Gasteiger charge is 2.13. The maximum absolute atomic E-state index is 5.93. The molecule has 1 atom stereocenters. The molecule has 1 unspecified atom stereocenters. The first kappa shape index (κ1) is 13.7. The van der Waals surface area contributed by atoms with Crippen molar-refractivity contribution in [2.75, 3.05) is 5.73 Å². The number of anilines is 1. The van der Waals surface area contributed by atoms with Crippen LogP contribution in [-0.4, -0.2) is 4.98 Å². The topological polar surface area (TPSA) is 52.0 Å². The highest BCUT2D eigenvalue weighted by atomic mass is 16.3. The van der Waals surface area contributed by atoms with Crippen LogP contribution in [-0.2, 0) is 6.42 Å². The van der Waals surface area contributed by atoms with Gasteiger partial charge in [0.1, 0.15) is 5.52 Å². The number of nitrogen functional groups attached to an aromatic ring is 1. The molecule has 0 bridgehead atoms. The third-order valence-corrected chi connectivity index (χ3v) is 3.85. The van der Waals surface area contributed by atoms with Gasteiger partial charge in [-0.3, -0.25) is 0 Å². The number of nitrogens with two attached hydrogens (primary N) is 1. The summed E-state index contributed by atoms with van der Waals surface area (Å²) < 4.78 is 5.93. The summed E-state index contributed by atoms with van der Waals surface area (Å²) in [7, 11) is 0. The summed E-state index contributed by atoms with van der Waals surface area (Å²) >= 11 is 0. The predicted octanol–water partition coefficient (Wildman–Crippen LogP) is 4.37. The van der Waals surface area contributed by atoms with Crippen LogP contribution in [0.4, 0.5) is 5.69 Å². The Morgan fingerprint density at radius 2 is 1.86 bits per heavy atom. The van der Waals surface area contributed by atoms with Crippen LogP contribution in [0.3, 0.4) is 0 Å². The number of nitrogens with zero attached hydrogens (tertiary/aromatic N) is 1. The van der Waals surface area contributed by atoms with E-state index in [4.69, 9.17) is 10.2 Å². The Hall–Kier alpha value is -2.29. The zero-order valence-corrected chi connectivity index (χ0v) is 12.7. The molecule has 2 N–H and O–H groups in total. The van der Waals surface area contributed by atoms with Gasteiger partial charge < -0.3 is 10.2 Å². The lowest BCUT2D eigenvalue weighted by atomic mass is 9.98. The van der Waals surface area contributed by atoms with Gasteiger partial charge in [0.25, 0.3) is 0 Å². The number of fused-ring (bicyclic) bond motifs is 1. The van der Waals surface area contributed by atoms with Gasteiger partial charge in [0, 0.05) is 12.1 Å². The SMILES string of the molecule is Cc1cc(C)c2oc(CC(C)c3ccc(N)cc3)nc2c1. The average Bonchev–Trinajstić information content (AvgIpc) is 2.82. The summed E-state index contributed by atoms with van der Waals surface area (Å²) in [6, 6.07) is 12.2. The molecule has 0 amide bonds. The molecule has 3 aromatic rings. The van der Waals surface area contributed by atoms with Crippen LogP contribution in [0.5, 0.6) is 0 Å². The van der Waals surface area contributed by atoms with E-state index in [-0.39, 0.29) is 0 Å². The highest BCUT2D eigenvalue weighted by molar-refractivity contribution is 5.77. The van der Waals surface area contributed by atoms with Crippen molar-refractivity contribution < 1.29 is 4.42 Å². The lowest BCUT2D eigenvalue weighted by Gasteiger charge is -2.09. The molecular weight excluding hydrogens is 260 g/mol. The van der Waals surface area contributed by atoms with Gasteiger partial charge in [-0.25, -0.2) is 4.98 Å². The molecule has 3 rings (SSSR count). The minimum atomic E-state index is 0.347. The molecule has 2 aromatic carbocycles. The molecule has 0 saturated carbocycles. The summed E-state index contributed by atoms with van der Waals surface area (Å²) in [5.74, 6) is 1.14. The van der Waals surface area contributed by atoms with E-state index < -0.39 is 0 Å². The van der Waals surface area contributed by atoms with E-state index >= 15 is 0 Å². The van der Waals surface area contributed by atoms with Gasteiger partial charge in [0.2, 0.25) is 0 Å². The summed E-state index contributed by atoms with van der Waals surface area (Å²) in [5.41, 5.74) is 12.0. The van der Waals surface area contributed by atoms with Crippen LogP contribution < -0.4 is 5.73 Å². The third kappa shape index (κ3) is 2.77. The van der Waals surface area contributed by atoms with Crippen molar-refractivity contribution in [2.24, 2.45) is 0 Å². The fraction of sp³-hybridized carbons (Fsp3) is 0.278. The van der Waals surface area contributed by atoms with Crippen molar-refractivity contribution in [3.05, 3.63) is 59.0 Å². The average molecular weight is 280 g/mol. The quantitative estimate of drug-likeness (QED) is 0.725. The number of hydrogen-bond donors (Lipinski definition) is 1. The Balaban J connectivity index is 1.87. The molecule has 3 nitrogen and oxygen atoms in total. The van der Waals surface area contributed by atoms with E-state index in [2.05, 4.69) is 50.0 Å². The zero-order valence-electron chi connectivity index (χ0n) is 12.7. The van der Waals surface area contributed by atoms with Crippen molar-refractivity contribution in [1.29, 1.82) is 0 Å². The van der Waals surface area contributed by atoms with Gasteiger partial charge >= 0.3 is 0 Å². The van der Waals surface area contributed by atoms with Gasteiger partial charge in [-0.2, -0.15) is 0 Å². The lowest BCUT2D eigenvalue weighted by Crippen LogP contribution is -1.99. The fourth-order valence-electron chi connectivity index (χ4n) is 2.71. The van der Waals surface area contributed by atoms with E-state index in [1.807, 2.05) is 12.1 Å². The summed E-state index contributed by atoms with van der Waals surface area (Å²) in [6.45, 7) is 6.32. The molecule has 108 valence electrons. The molecule has 0 fully saturated rings. The Morgan fingerprint density at radius 1 is 1.14 bits per heavy atom. The van der Waals surface area contributed by atoms with Crippen molar-refractivity contribution in [1.82, 2.24) is 4.98 Å². The largest absolute Gasteiger partial charge is 0.440 e. The molecule has 0 radical (unpaired) electrons. The summed E-state index contributed by atoms with van der Waals surface area (Å²) in [6.07, 6.45) is 0.789. The molecule has 0 aliphatic carbocycles. The first-order valence-electron chi connectivity index (χ1n) is 7.25. The Morgan fingerprint density at radius 3 is 2.57 bits per heavy atom. The molecule has 0 spiro atoms. The second kappa shape index (κ2) is 5.24. The standard InChI is InChI=1S/C18H20N2O/c1-11-8-13(3)18-16(9-11)20-17(21-18)10-12(2)14-4-6-15(19)7-5-14/h4-9,12H,10,19H2,1-3H3. The van der Waals surface area contributed by atoms with Crippen LogP contribution in [0.25, 0.3) is 11.1 Å². The Kier molecular flexibility index (Phi) is 3.42. The predicted molar refractivity (Wildman–Crippen MR) is 86.5 cm³/mol. The molecule has 0 aliphatic heterocycles. The molecule has 0 saturated heterocycles. The van der Waals surface area contributed by atoms with E-state index in [1.54, 1.807) is 0 Å². The van der Waals surface area contributed by atoms with Crippen molar-refractivity contribution in [3.8, 4) is 0 Å². The number of aromatic nitrogens is 1. The molecule has 3 heteroatoms. The number of oxazole rings is 1. The van der Waals surface area contributed by atoms with Gasteiger partial charge in [-0.1, -0.05) is 25.1 Å².